The number of para-hydroxylation sites is 1. The van der Waals surface area contributed by atoms with Gasteiger partial charge in [0.15, 0.2) is 12.0 Å². The largest absolute Gasteiger partial charge is 0.350 e. The van der Waals surface area contributed by atoms with Crippen LogP contribution < -0.4 is 0 Å². The summed E-state index contributed by atoms with van der Waals surface area (Å²) in [5.41, 5.74) is 1.44. The average molecular weight is 327 g/mol. The third kappa shape index (κ3) is 3.07. The Hall–Kier alpha value is -2.18. The van der Waals surface area contributed by atoms with E-state index in [4.69, 9.17) is 9.47 Å². The number of carbonyl (C=O) groups is 1. The molecule has 0 atom stereocenters. The highest BCUT2D eigenvalue weighted by Crippen LogP contribution is 2.26. The normalized spacial score (nSPS) is 19.8. The lowest BCUT2D eigenvalue weighted by Gasteiger charge is -2.33. The van der Waals surface area contributed by atoms with Crippen molar-refractivity contribution in [2.45, 2.75) is 19.1 Å². The van der Waals surface area contributed by atoms with Gasteiger partial charge in [-0.2, -0.15) is 5.10 Å². The van der Waals surface area contributed by atoms with Crippen LogP contribution in [0.1, 0.15) is 23.3 Å². The standard InChI is InChI=1S/C18H21N3O3/c22-17(16-8-11-21(19-16)15-4-2-1-3-5-15)20-9-6-14(7-10-20)18-23-12-13-24-18/h1-5,8,11,14,18H,6-7,9-10,12-13H2. The first-order valence-corrected chi connectivity index (χ1v) is 8.45. The zero-order valence-corrected chi connectivity index (χ0v) is 13.5. The van der Waals surface area contributed by atoms with E-state index in [2.05, 4.69) is 5.10 Å². The van der Waals surface area contributed by atoms with Crippen molar-refractivity contribution in [2.24, 2.45) is 5.92 Å². The number of carbonyl (C=O) groups excluding carboxylic acids is 1. The molecule has 24 heavy (non-hydrogen) atoms. The molecular formula is C18H21N3O3. The van der Waals surface area contributed by atoms with Crippen molar-refractivity contribution >= 4 is 5.91 Å². The van der Waals surface area contributed by atoms with Gasteiger partial charge >= 0.3 is 0 Å². The molecule has 2 aliphatic heterocycles. The van der Waals surface area contributed by atoms with E-state index in [0.717, 1.165) is 31.6 Å². The fourth-order valence-corrected chi connectivity index (χ4v) is 3.35. The lowest BCUT2D eigenvalue weighted by Crippen LogP contribution is -2.41. The molecule has 126 valence electrons. The lowest BCUT2D eigenvalue weighted by atomic mass is 9.96. The Labute approximate surface area is 141 Å². The third-order valence-corrected chi connectivity index (χ3v) is 4.69. The Morgan fingerprint density at radius 2 is 1.75 bits per heavy atom. The van der Waals surface area contributed by atoms with Crippen LogP contribution in [0.25, 0.3) is 5.69 Å². The maximum atomic E-state index is 12.7. The molecule has 0 radical (unpaired) electrons. The van der Waals surface area contributed by atoms with Gasteiger partial charge < -0.3 is 14.4 Å². The summed E-state index contributed by atoms with van der Waals surface area (Å²) in [6.45, 7) is 2.82. The molecule has 1 aromatic carbocycles. The predicted octanol–water partition coefficient (Wildman–Crippen LogP) is 2.10. The highest BCUT2D eigenvalue weighted by molar-refractivity contribution is 5.92. The van der Waals surface area contributed by atoms with Crippen LogP contribution in [0.2, 0.25) is 0 Å². The van der Waals surface area contributed by atoms with Crippen molar-refractivity contribution < 1.29 is 14.3 Å². The SMILES string of the molecule is O=C(c1ccn(-c2ccccc2)n1)N1CCC(C2OCCO2)CC1. The van der Waals surface area contributed by atoms with E-state index in [1.54, 1.807) is 10.7 Å². The minimum atomic E-state index is -0.0838. The molecule has 6 nitrogen and oxygen atoms in total. The maximum Gasteiger partial charge on any atom is 0.274 e. The molecule has 6 heteroatoms. The molecule has 3 heterocycles. The summed E-state index contributed by atoms with van der Waals surface area (Å²) in [7, 11) is 0. The minimum absolute atomic E-state index is 0.00334. The summed E-state index contributed by atoms with van der Waals surface area (Å²) >= 11 is 0. The molecule has 0 N–H and O–H groups in total. The number of rotatable bonds is 3. The molecule has 2 fully saturated rings. The van der Waals surface area contributed by atoms with Crippen molar-refractivity contribution in [2.75, 3.05) is 26.3 Å². The number of aromatic nitrogens is 2. The fraction of sp³-hybridized carbons (Fsp3) is 0.444. The number of hydrogen-bond acceptors (Lipinski definition) is 4. The number of ether oxygens (including phenoxy) is 2. The second-order valence-electron chi connectivity index (χ2n) is 6.22. The van der Waals surface area contributed by atoms with Gasteiger partial charge in [0.2, 0.25) is 0 Å². The lowest BCUT2D eigenvalue weighted by molar-refractivity contribution is -0.0956. The predicted molar refractivity (Wildman–Crippen MR) is 87.9 cm³/mol. The van der Waals surface area contributed by atoms with Gasteiger partial charge in [-0.1, -0.05) is 18.2 Å². The Bertz CT molecular complexity index is 687. The molecule has 0 bridgehead atoms. The maximum absolute atomic E-state index is 12.7. The van der Waals surface area contributed by atoms with Crippen molar-refractivity contribution in [1.29, 1.82) is 0 Å². The van der Waals surface area contributed by atoms with E-state index in [9.17, 15) is 4.79 Å². The molecule has 0 saturated carbocycles. The second-order valence-corrected chi connectivity index (χ2v) is 6.22. The van der Waals surface area contributed by atoms with Crippen LogP contribution in [0.15, 0.2) is 42.6 Å². The topological polar surface area (TPSA) is 56.6 Å². The van der Waals surface area contributed by atoms with E-state index in [1.807, 2.05) is 41.4 Å². The van der Waals surface area contributed by atoms with Crippen molar-refractivity contribution in [3.63, 3.8) is 0 Å². The molecule has 1 aromatic heterocycles. The molecule has 1 amide bonds. The van der Waals surface area contributed by atoms with Gasteiger partial charge in [-0.25, -0.2) is 4.68 Å². The number of hydrogen-bond donors (Lipinski definition) is 0. The van der Waals surface area contributed by atoms with Gasteiger partial charge in [-0.3, -0.25) is 4.79 Å². The highest BCUT2D eigenvalue weighted by Gasteiger charge is 2.32. The molecule has 2 saturated heterocycles. The van der Waals surface area contributed by atoms with Crippen LogP contribution in [0.5, 0.6) is 0 Å². The van der Waals surface area contributed by atoms with Gasteiger partial charge in [0.25, 0.3) is 5.91 Å². The summed E-state index contributed by atoms with van der Waals surface area (Å²) in [4.78, 5) is 14.5. The highest BCUT2D eigenvalue weighted by atomic mass is 16.7. The zero-order chi connectivity index (χ0) is 16.4. The van der Waals surface area contributed by atoms with Crippen molar-refractivity contribution in [1.82, 2.24) is 14.7 Å². The molecule has 4 rings (SSSR count). The Morgan fingerprint density at radius 3 is 2.46 bits per heavy atom. The van der Waals surface area contributed by atoms with Gasteiger partial charge in [0, 0.05) is 25.2 Å². The van der Waals surface area contributed by atoms with Crippen LogP contribution >= 0.6 is 0 Å². The van der Waals surface area contributed by atoms with E-state index in [0.29, 0.717) is 24.8 Å². The van der Waals surface area contributed by atoms with Crippen molar-refractivity contribution in [3.8, 4) is 5.69 Å². The van der Waals surface area contributed by atoms with Crippen LogP contribution in [-0.2, 0) is 9.47 Å². The summed E-state index contributed by atoms with van der Waals surface area (Å²) in [6, 6.07) is 11.6. The number of likely N-dealkylation sites (tertiary alicyclic amines) is 1. The average Bonchev–Trinajstić information content (AvgIpc) is 3.34. The molecular weight excluding hydrogens is 306 g/mol. The second kappa shape index (κ2) is 6.75. The first kappa shape index (κ1) is 15.4. The number of piperidine rings is 1. The Kier molecular flexibility index (Phi) is 4.32. The van der Waals surface area contributed by atoms with E-state index >= 15 is 0 Å². The summed E-state index contributed by atoms with van der Waals surface area (Å²) in [5, 5.41) is 4.43. The summed E-state index contributed by atoms with van der Waals surface area (Å²) in [5.74, 6) is 0.384. The van der Waals surface area contributed by atoms with E-state index in [1.165, 1.54) is 0 Å². The number of nitrogens with zero attached hydrogens (tertiary/aromatic N) is 3. The van der Waals surface area contributed by atoms with Crippen LogP contribution in [0.4, 0.5) is 0 Å². The van der Waals surface area contributed by atoms with Gasteiger partial charge in [0.1, 0.15) is 0 Å². The smallest absolute Gasteiger partial charge is 0.274 e. The van der Waals surface area contributed by atoms with Crippen LogP contribution in [0, 0.1) is 5.92 Å². The summed E-state index contributed by atoms with van der Waals surface area (Å²) in [6.07, 6.45) is 3.57. The quantitative estimate of drug-likeness (QED) is 0.866. The molecule has 0 spiro atoms. The van der Waals surface area contributed by atoms with Crippen molar-refractivity contribution in [3.05, 3.63) is 48.3 Å². The van der Waals surface area contributed by atoms with E-state index < -0.39 is 0 Å². The van der Waals surface area contributed by atoms with Gasteiger partial charge in [-0.05, 0) is 31.0 Å². The Morgan fingerprint density at radius 1 is 1.04 bits per heavy atom. The van der Waals surface area contributed by atoms with Crippen LogP contribution in [-0.4, -0.2) is 53.2 Å². The first-order valence-electron chi connectivity index (χ1n) is 8.45. The molecule has 2 aliphatic rings. The number of amides is 1. The fourth-order valence-electron chi connectivity index (χ4n) is 3.35. The van der Waals surface area contributed by atoms with Crippen LogP contribution in [0.3, 0.4) is 0 Å². The van der Waals surface area contributed by atoms with Gasteiger partial charge in [-0.15, -0.1) is 0 Å². The Balaban J connectivity index is 1.39. The molecule has 0 unspecified atom stereocenters. The zero-order valence-electron chi connectivity index (χ0n) is 13.5. The molecule has 2 aromatic rings. The first-order chi connectivity index (χ1) is 11.8. The van der Waals surface area contributed by atoms with E-state index in [-0.39, 0.29) is 12.2 Å². The monoisotopic (exact) mass is 327 g/mol. The van der Waals surface area contributed by atoms with Gasteiger partial charge in [0.05, 0.1) is 18.9 Å². The number of benzene rings is 1. The minimum Gasteiger partial charge on any atom is -0.350 e. The summed E-state index contributed by atoms with van der Waals surface area (Å²) < 4.78 is 12.9. The third-order valence-electron chi connectivity index (χ3n) is 4.69. The molecule has 0 aliphatic carbocycles.